The van der Waals surface area contributed by atoms with Crippen LogP contribution in [-0.2, 0) is 0 Å². The first-order chi connectivity index (χ1) is 11.9. The standard InChI is InChI=1S/C17H10F4O4/c18-16(19)23-10-6-13-15(14(7-10)25-17(20)21)11(22)8-12(24-13)9-4-2-1-3-5-9/h1-8,16-17H. The Bertz CT molecular complexity index is 939. The van der Waals surface area contributed by atoms with Crippen LogP contribution in [-0.4, -0.2) is 13.2 Å². The van der Waals surface area contributed by atoms with E-state index in [0.29, 0.717) is 5.56 Å². The van der Waals surface area contributed by atoms with Crippen LogP contribution in [0.2, 0.25) is 0 Å². The summed E-state index contributed by atoms with van der Waals surface area (Å²) in [4.78, 5) is 12.3. The molecular weight excluding hydrogens is 344 g/mol. The summed E-state index contributed by atoms with van der Waals surface area (Å²) in [6.45, 7) is -6.43. The summed E-state index contributed by atoms with van der Waals surface area (Å²) >= 11 is 0. The lowest BCUT2D eigenvalue weighted by Crippen LogP contribution is -2.09. The van der Waals surface area contributed by atoms with Gasteiger partial charge in [-0.15, -0.1) is 0 Å². The van der Waals surface area contributed by atoms with Gasteiger partial charge in [0.2, 0.25) is 0 Å². The van der Waals surface area contributed by atoms with E-state index in [1.54, 1.807) is 30.3 Å². The molecule has 0 amide bonds. The summed E-state index contributed by atoms with van der Waals surface area (Å²) < 4.78 is 64.0. The second-order valence-corrected chi connectivity index (χ2v) is 4.89. The van der Waals surface area contributed by atoms with Crippen LogP contribution in [0.15, 0.2) is 57.7 Å². The molecule has 0 saturated heterocycles. The van der Waals surface area contributed by atoms with Crippen molar-refractivity contribution in [2.45, 2.75) is 13.2 Å². The van der Waals surface area contributed by atoms with Gasteiger partial charge in [-0.3, -0.25) is 4.79 Å². The summed E-state index contributed by atoms with van der Waals surface area (Å²) in [7, 11) is 0. The maximum atomic E-state index is 12.6. The fourth-order valence-corrected chi connectivity index (χ4v) is 2.33. The van der Waals surface area contributed by atoms with E-state index in [-0.39, 0.29) is 16.7 Å². The average molecular weight is 354 g/mol. The van der Waals surface area contributed by atoms with Crippen molar-refractivity contribution in [3.63, 3.8) is 0 Å². The van der Waals surface area contributed by atoms with Crippen LogP contribution < -0.4 is 14.9 Å². The van der Waals surface area contributed by atoms with E-state index in [0.717, 1.165) is 18.2 Å². The first kappa shape index (κ1) is 16.8. The van der Waals surface area contributed by atoms with Crippen molar-refractivity contribution in [2.75, 3.05) is 0 Å². The Balaban J connectivity index is 2.22. The Labute approximate surface area is 138 Å². The van der Waals surface area contributed by atoms with Crippen LogP contribution in [0.4, 0.5) is 17.6 Å². The highest BCUT2D eigenvalue weighted by Gasteiger charge is 2.18. The number of rotatable bonds is 5. The molecule has 0 aliphatic rings. The van der Waals surface area contributed by atoms with Crippen molar-refractivity contribution in [1.82, 2.24) is 0 Å². The molecule has 3 rings (SSSR count). The van der Waals surface area contributed by atoms with Crippen LogP contribution in [0.1, 0.15) is 0 Å². The molecule has 1 aromatic heterocycles. The second-order valence-electron chi connectivity index (χ2n) is 4.89. The minimum Gasteiger partial charge on any atom is -0.456 e. The lowest BCUT2D eigenvalue weighted by atomic mass is 10.1. The fraction of sp³-hybridized carbons (Fsp3) is 0.118. The van der Waals surface area contributed by atoms with E-state index in [9.17, 15) is 22.4 Å². The van der Waals surface area contributed by atoms with Crippen LogP contribution in [0.25, 0.3) is 22.3 Å². The van der Waals surface area contributed by atoms with Crippen molar-refractivity contribution in [2.24, 2.45) is 0 Å². The molecular formula is C17H10F4O4. The Morgan fingerprint density at radius 2 is 1.56 bits per heavy atom. The highest BCUT2D eigenvalue weighted by atomic mass is 19.3. The van der Waals surface area contributed by atoms with Gasteiger partial charge in [0.05, 0.1) is 0 Å². The maximum Gasteiger partial charge on any atom is 0.387 e. The first-order valence-corrected chi connectivity index (χ1v) is 7.01. The van der Waals surface area contributed by atoms with Crippen molar-refractivity contribution in [3.05, 3.63) is 58.8 Å². The number of hydrogen-bond acceptors (Lipinski definition) is 4. The van der Waals surface area contributed by atoms with Gasteiger partial charge >= 0.3 is 13.2 Å². The monoisotopic (exact) mass is 354 g/mol. The summed E-state index contributed by atoms with van der Waals surface area (Å²) in [6, 6.07) is 11.4. The van der Waals surface area contributed by atoms with Crippen LogP contribution in [0.5, 0.6) is 11.5 Å². The van der Waals surface area contributed by atoms with E-state index in [4.69, 9.17) is 4.42 Å². The summed E-state index contributed by atoms with van der Waals surface area (Å²) in [5, 5.41) is -0.290. The summed E-state index contributed by atoms with van der Waals surface area (Å²) in [6.07, 6.45) is 0. The summed E-state index contributed by atoms with van der Waals surface area (Å²) in [5.74, 6) is -0.918. The Morgan fingerprint density at radius 1 is 0.880 bits per heavy atom. The molecule has 0 unspecified atom stereocenters. The van der Waals surface area contributed by atoms with Gasteiger partial charge in [0.1, 0.15) is 28.2 Å². The van der Waals surface area contributed by atoms with Crippen molar-refractivity contribution in [3.8, 4) is 22.8 Å². The van der Waals surface area contributed by atoms with Crippen molar-refractivity contribution >= 4 is 11.0 Å². The highest BCUT2D eigenvalue weighted by Crippen LogP contribution is 2.33. The van der Waals surface area contributed by atoms with Crippen LogP contribution in [0.3, 0.4) is 0 Å². The molecule has 3 aromatic rings. The van der Waals surface area contributed by atoms with Crippen molar-refractivity contribution in [1.29, 1.82) is 0 Å². The third-order valence-corrected chi connectivity index (χ3v) is 3.27. The Morgan fingerprint density at radius 3 is 2.20 bits per heavy atom. The molecule has 4 nitrogen and oxygen atoms in total. The molecule has 25 heavy (non-hydrogen) atoms. The molecule has 8 heteroatoms. The highest BCUT2D eigenvalue weighted by molar-refractivity contribution is 5.86. The van der Waals surface area contributed by atoms with E-state index in [1.165, 1.54) is 0 Å². The largest absolute Gasteiger partial charge is 0.456 e. The lowest BCUT2D eigenvalue weighted by Gasteiger charge is -2.11. The third kappa shape index (κ3) is 3.73. The zero-order valence-corrected chi connectivity index (χ0v) is 12.4. The lowest BCUT2D eigenvalue weighted by molar-refractivity contribution is -0.0536. The van der Waals surface area contributed by atoms with Gasteiger partial charge in [-0.2, -0.15) is 17.6 Å². The summed E-state index contributed by atoms with van der Waals surface area (Å²) in [5.41, 5.74) is -0.308. The molecule has 0 N–H and O–H groups in total. The smallest absolute Gasteiger partial charge is 0.387 e. The molecule has 0 aliphatic heterocycles. The SMILES string of the molecule is O=c1cc(-c2ccccc2)oc2cc(OC(F)F)cc(OC(F)F)c12. The molecule has 0 atom stereocenters. The molecule has 0 spiro atoms. The molecule has 0 aliphatic carbocycles. The molecule has 2 aromatic carbocycles. The predicted molar refractivity (Wildman–Crippen MR) is 81.2 cm³/mol. The Kier molecular flexibility index (Phi) is 4.60. The zero-order valence-electron chi connectivity index (χ0n) is 12.4. The normalized spacial score (nSPS) is 11.3. The van der Waals surface area contributed by atoms with E-state index in [2.05, 4.69) is 9.47 Å². The number of alkyl halides is 4. The van der Waals surface area contributed by atoms with Gasteiger partial charge in [0.25, 0.3) is 0 Å². The van der Waals surface area contributed by atoms with Crippen molar-refractivity contribution < 1.29 is 31.5 Å². The number of ether oxygens (including phenoxy) is 2. The van der Waals surface area contributed by atoms with Crippen LogP contribution in [0, 0.1) is 0 Å². The van der Waals surface area contributed by atoms with Gasteiger partial charge in [-0.1, -0.05) is 30.3 Å². The molecule has 1 heterocycles. The number of hydrogen-bond donors (Lipinski definition) is 0. The van der Waals surface area contributed by atoms with E-state index >= 15 is 0 Å². The zero-order chi connectivity index (χ0) is 18.0. The predicted octanol–water partition coefficient (Wildman–Crippen LogP) is 4.66. The topological polar surface area (TPSA) is 48.7 Å². The fourth-order valence-electron chi connectivity index (χ4n) is 2.33. The molecule has 0 fully saturated rings. The van der Waals surface area contributed by atoms with Gasteiger partial charge < -0.3 is 13.9 Å². The molecule has 0 saturated carbocycles. The van der Waals surface area contributed by atoms with Gasteiger partial charge in [-0.05, 0) is 0 Å². The minimum atomic E-state index is -3.25. The number of benzene rings is 2. The average Bonchev–Trinajstić information content (AvgIpc) is 2.53. The molecule has 0 bridgehead atoms. The van der Waals surface area contributed by atoms with Gasteiger partial charge in [0, 0.05) is 23.8 Å². The van der Waals surface area contributed by atoms with E-state index in [1.807, 2.05) is 0 Å². The molecule has 0 radical (unpaired) electrons. The number of fused-ring (bicyclic) bond motifs is 1. The van der Waals surface area contributed by atoms with Gasteiger partial charge in [0.15, 0.2) is 5.43 Å². The van der Waals surface area contributed by atoms with Crippen LogP contribution >= 0.6 is 0 Å². The first-order valence-electron chi connectivity index (χ1n) is 7.01. The second kappa shape index (κ2) is 6.84. The molecule has 130 valence electrons. The Hall–Kier alpha value is -3.03. The number of halogens is 4. The maximum absolute atomic E-state index is 12.6. The van der Waals surface area contributed by atoms with Gasteiger partial charge in [-0.25, -0.2) is 0 Å². The quantitative estimate of drug-likeness (QED) is 0.625. The minimum absolute atomic E-state index is 0.148. The third-order valence-electron chi connectivity index (χ3n) is 3.27. The van der Waals surface area contributed by atoms with E-state index < -0.39 is 30.2 Å².